The Morgan fingerprint density at radius 3 is 2.07 bits per heavy atom. The first-order valence-corrected chi connectivity index (χ1v) is 13.3. The lowest BCUT2D eigenvalue weighted by molar-refractivity contribution is -0.142. The molecule has 1 aromatic heterocycles. The maximum absolute atomic E-state index is 13.4. The fraction of sp³-hybridized carbons (Fsp3) is 0.481. The molecule has 0 aliphatic carbocycles. The van der Waals surface area contributed by atoms with Gasteiger partial charge in [0.1, 0.15) is 18.1 Å². The summed E-state index contributed by atoms with van der Waals surface area (Å²) in [6.07, 6.45) is 0.866. The number of carbonyl (C=O) groups excluding carboxylic acids is 4. The maximum Gasteiger partial charge on any atom is 0.326 e. The van der Waals surface area contributed by atoms with E-state index in [-0.39, 0.29) is 31.6 Å². The predicted octanol–water partition coefficient (Wildman–Crippen LogP) is -0.247. The Morgan fingerprint density at radius 1 is 0.878 bits per heavy atom. The van der Waals surface area contributed by atoms with E-state index in [1.165, 1.54) is 0 Å². The number of primary amides is 1. The van der Waals surface area contributed by atoms with Crippen molar-refractivity contribution in [1.29, 1.82) is 0 Å². The molecule has 10 N–H and O–H groups in total. The molecule has 4 amide bonds. The summed E-state index contributed by atoms with van der Waals surface area (Å²) in [5, 5.41) is 26.8. The Hall–Kier alpha value is -4.46. The second-order valence-corrected chi connectivity index (χ2v) is 9.93. The standard InChI is InChI=1S/C27H38N6O8/c1-3-14(2)23(29)26(39)31-18(9-11-22(35)36)24(37)33-20(12-15-13-30-17-7-5-4-6-16(15)17)25(38)32-19(27(40)41)8-10-21(28)34/h4-7,13-14,18-20,23,30H,3,8-12,29H2,1-2H3,(H2,28,34)(H,31,39)(H,32,38)(H,33,37)(H,35,36)(H,40,41). The van der Waals surface area contributed by atoms with E-state index in [0.717, 1.165) is 10.9 Å². The first kappa shape index (κ1) is 32.8. The van der Waals surface area contributed by atoms with Gasteiger partial charge in [-0.05, 0) is 30.4 Å². The van der Waals surface area contributed by atoms with Crippen molar-refractivity contribution in [2.24, 2.45) is 17.4 Å². The summed E-state index contributed by atoms with van der Waals surface area (Å²) in [6.45, 7) is 3.60. The fourth-order valence-electron chi connectivity index (χ4n) is 4.14. The monoisotopic (exact) mass is 574 g/mol. The van der Waals surface area contributed by atoms with Gasteiger partial charge in [0.25, 0.3) is 0 Å². The first-order chi connectivity index (χ1) is 19.3. The Kier molecular flexibility index (Phi) is 12.3. The van der Waals surface area contributed by atoms with Crippen molar-refractivity contribution in [2.45, 2.75) is 76.5 Å². The average Bonchev–Trinajstić information content (AvgIpc) is 3.33. The fourth-order valence-corrected chi connectivity index (χ4v) is 4.14. The van der Waals surface area contributed by atoms with Crippen LogP contribution in [-0.2, 0) is 35.2 Å². The largest absolute Gasteiger partial charge is 0.481 e. The molecule has 14 heteroatoms. The molecule has 0 radical (unpaired) electrons. The van der Waals surface area contributed by atoms with Crippen LogP contribution in [0.3, 0.4) is 0 Å². The van der Waals surface area contributed by atoms with Gasteiger partial charge in [-0.3, -0.25) is 24.0 Å². The molecule has 5 atom stereocenters. The summed E-state index contributed by atoms with van der Waals surface area (Å²) < 4.78 is 0. The lowest BCUT2D eigenvalue weighted by Gasteiger charge is -2.26. The van der Waals surface area contributed by atoms with Crippen molar-refractivity contribution < 1.29 is 39.0 Å². The number of H-pyrrole nitrogens is 1. The number of para-hydroxylation sites is 1. The lowest BCUT2D eigenvalue weighted by atomic mass is 9.98. The van der Waals surface area contributed by atoms with Crippen molar-refractivity contribution in [3.8, 4) is 0 Å². The van der Waals surface area contributed by atoms with Crippen molar-refractivity contribution in [1.82, 2.24) is 20.9 Å². The number of hydrogen-bond acceptors (Lipinski definition) is 7. The van der Waals surface area contributed by atoms with Gasteiger partial charge in [-0.1, -0.05) is 38.5 Å². The normalized spacial score (nSPS) is 14.7. The number of aromatic amines is 1. The van der Waals surface area contributed by atoms with Crippen LogP contribution in [0.4, 0.5) is 0 Å². The molecule has 5 unspecified atom stereocenters. The van der Waals surface area contributed by atoms with E-state index in [1.807, 2.05) is 19.1 Å². The van der Waals surface area contributed by atoms with E-state index in [9.17, 15) is 39.0 Å². The molecule has 224 valence electrons. The van der Waals surface area contributed by atoms with Crippen LogP contribution in [0, 0.1) is 5.92 Å². The third kappa shape index (κ3) is 9.90. The topological polar surface area (TPSA) is 247 Å². The zero-order valence-corrected chi connectivity index (χ0v) is 23.0. The second-order valence-electron chi connectivity index (χ2n) is 9.93. The number of aromatic nitrogens is 1. The molecule has 0 saturated carbocycles. The SMILES string of the molecule is CCC(C)C(N)C(=O)NC(CCC(=O)O)C(=O)NC(Cc1c[nH]c2ccccc12)C(=O)NC(CCC(N)=O)C(=O)O. The highest BCUT2D eigenvalue weighted by atomic mass is 16.4. The van der Waals surface area contributed by atoms with Crippen LogP contribution < -0.4 is 27.4 Å². The van der Waals surface area contributed by atoms with Gasteiger partial charge >= 0.3 is 11.9 Å². The van der Waals surface area contributed by atoms with Crippen LogP contribution in [0.2, 0.25) is 0 Å². The van der Waals surface area contributed by atoms with Gasteiger partial charge in [-0.15, -0.1) is 0 Å². The number of amides is 4. The highest BCUT2D eigenvalue weighted by Gasteiger charge is 2.32. The Morgan fingerprint density at radius 2 is 1.46 bits per heavy atom. The van der Waals surface area contributed by atoms with Gasteiger partial charge < -0.3 is 42.6 Å². The second kappa shape index (κ2) is 15.4. The number of carboxylic acid groups (broad SMARTS) is 2. The molecule has 14 nitrogen and oxygen atoms in total. The van der Waals surface area contributed by atoms with Crippen LogP contribution in [0.15, 0.2) is 30.5 Å². The third-order valence-electron chi connectivity index (χ3n) is 6.87. The summed E-state index contributed by atoms with van der Waals surface area (Å²) >= 11 is 0. The number of nitrogens with one attached hydrogen (secondary N) is 4. The van der Waals surface area contributed by atoms with Crippen molar-refractivity contribution in [3.05, 3.63) is 36.0 Å². The van der Waals surface area contributed by atoms with E-state index in [4.69, 9.17) is 11.5 Å². The molecule has 0 bridgehead atoms. The minimum absolute atomic E-state index is 0.0737. The summed E-state index contributed by atoms with van der Waals surface area (Å²) in [5.74, 6) is -5.92. The molecule has 2 rings (SSSR count). The molecule has 0 fully saturated rings. The zero-order valence-electron chi connectivity index (χ0n) is 23.0. The number of benzene rings is 1. The molecule has 1 aromatic carbocycles. The van der Waals surface area contributed by atoms with E-state index in [2.05, 4.69) is 20.9 Å². The summed E-state index contributed by atoms with van der Waals surface area (Å²) in [6, 6.07) is 2.13. The lowest BCUT2D eigenvalue weighted by Crippen LogP contribution is -2.58. The van der Waals surface area contributed by atoms with Crippen LogP contribution >= 0.6 is 0 Å². The van der Waals surface area contributed by atoms with E-state index < -0.39 is 66.2 Å². The highest BCUT2D eigenvalue weighted by Crippen LogP contribution is 2.19. The number of rotatable bonds is 17. The minimum atomic E-state index is -1.46. The average molecular weight is 575 g/mol. The molecular formula is C27H38N6O8. The Labute approximate surface area is 236 Å². The van der Waals surface area contributed by atoms with Crippen LogP contribution in [0.25, 0.3) is 10.9 Å². The number of aliphatic carboxylic acids is 2. The van der Waals surface area contributed by atoms with Gasteiger partial charge in [0.05, 0.1) is 6.04 Å². The van der Waals surface area contributed by atoms with E-state index in [1.54, 1.807) is 25.3 Å². The molecule has 0 saturated heterocycles. The molecular weight excluding hydrogens is 536 g/mol. The van der Waals surface area contributed by atoms with Crippen molar-refractivity contribution in [3.63, 3.8) is 0 Å². The van der Waals surface area contributed by atoms with Gasteiger partial charge in [-0.25, -0.2) is 4.79 Å². The van der Waals surface area contributed by atoms with Crippen molar-refractivity contribution in [2.75, 3.05) is 0 Å². The minimum Gasteiger partial charge on any atom is -0.481 e. The van der Waals surface area contributed by atoms with Gasteiger partial charge in [0, 0.05) is 36.4 Å². The molecule has 0 aliphatic rings. The van der Waals surface area contributed by atoms with Gasteiger partial charge in [0.2, 0.25) is 23.6 Å². The first-order valence-electron chi connectivity index (χ1n) is 13.3. The molecule has 41 heavy (non-hydrogen) atoms. The predicted molar refractivity (Wildman–Crippen MR) is 148 cm³/mol. The quantitative estimate of drug-likeness (QED) is 0.124. The summed E-state index contributed by atoms with van der Waals surface area (Å²) in [5.41, 5.74) is 12.5. The molecule has 1 heterocycles. The number of carbonyl (C=O) groups is 6. The third-order valence-corrected chi connectivity index (χ3v) is 6.87. The van der Waals surface area contributed by atoms with E-state index in [0.29, 0.717) is 12.0 Å². The van der Waals surface area contributed by atoms with Crippen LogP contribution in [-0.4, -0.2) is 74.9 Å². The number of fused-ring (bicyclic) bond motifs is 1. The molecule has 2 aromatic rings. The highest BCUT2D eigenvalue weighted by molar-refractivity contribution is 5.95. The Bertz CT molecular complexity index is 1260. The molecule has 0 spiro atoms. The molecule has 0 aliphatic heterocycles. The van der Waals surface area contributed by atoms with E-state index >= 15 is 0 Å². The smallest absolute Gasteiger partial charge is 0.326 e. The van der Waals surface area contributed by atoms with Crippen LogP contribution in [0.1, 0.15) is 51.5 Å². The zero-order chi connectivity index (χ0) is 30.7. The maximum atomic E-state index is 13.4. The van der Waals surface area contributed by atoms with Crippen molar-refractivity contribution >= 4 is 46.5 Å². The van der Waals surface area contributed by atoms with Gasteiger partial charge in [0.15, 0.2) is 0 Å². The number of carboxylic acids is 2. The summed E-state index contributed by atoms with van der Waals surface area (Å²) in [7, 11) is 0. The van der Waals surface area contributed by atoms with Gasteiger partial charge in [-0.2, -0.15) is 0 Å². The Balaban J connectivity index is 2.34. The van der Waals surface area contributed by atoms with Crippen LogP contribution in [0.5, 0.6) is 0 Å². The number of hydrogen-bond donors (Lipinski definition) is 8. The number of nitrogens with two attached hydrogens (primary N) is 2. The summed E-state index contributed by atoms with van der Waals surface area (Å²) in [4.78, 5) is 76.6.